The minimum atomic E-state index is -0.749. The van der Waals surface area contributed by atoms with Gasteiger partial charge in [-0.05, 0) is 44.9 Å². The molecule has 0 fully saturated rings. The summed E-state index contributed by atoms with van der Waals surface area (Å²) in [7, 11) is 1.19. The van der Waals surface area contributed by atoms with Crippen molar-refractivity contribution in [2.45, 2.75) is 0 Å². The number of esters is 1. The summed E-state index contributed by atoms with van der Waals surface area (Å²) in [6.45, 7) is 0. The zero-order chi connectivity index (χ0) is 16.1. The van der Waals surface area contributed by atoms with Gasteiger partial charge in [0.05, 0.1) is 7.11 Å². The molecule has 0 bridgehead atoms. The Labute approximate surface area is 134 Å². The third kappa shape index (κ3) is 3.46. The van der Waals surface area contributed by atoms with Gasteiger partial charge in [-0.15, -0.1) is 4.91 Å². The number of methoxy groups -OCH3 is 1. The molecule has 0 aliphatic heterocycles. The van der Waals surface area contributed by atoms with E-state index in [0.717, 1.165) is 5.56 Å². The van der Waals surface area contributed by atoms with E-state index < -0.39 is 11.8 Å². The second-order valence-corrected chi connectivity index (χ2v) is 5.19. The molecule has 6 heteroatoms. The summed E-state index contributed by atoms with van der Waals surface area (Å²) in [5.74, 6) is -1.41. The molecule has 2 aromatic rings. The van der Waals surface area contributed by atoms with Crippen molar-refractivity contribution < 1.29 is 13.9 Å². The smallest absolute Gasteiger partial charge is 0.342 e. The highest BCUT2D eigenvalue weighted by Crippen LogP contribution is 2.25. The maximum Gasteiger partial charge on any atom is 0.342 e. The number of hydrogen-bond acceptors (Lipinski definition) is 4. The molecule has 0 atom stereocenters. The van der Waals surface area contributed by atoms with E-state index in [4.69, 9.17) is 0 Å². The summed E-state index contributed by atoms with van der Waals surface area (Å²) < 4.78 is 19.3. The van der Waals surface area contributed by atoms with E-state index >= 15 is 0 Å². The van der Waals surface area contributed by atoms with E-state index in [2.05, 4.69) is 25.8 Å². The average Bonchev–Trinajstić information content (AvgIpc) is 2.54. The highest BCUT2D eigenvalue weighted by molar-refractivity contribution is 9.10. The minimum absolute atomic E-state index is 0.148. The lowest BCUT2D eigenvalue weighted by Gasteiger charge is -2.06. The summed E-state index contributed by atoms with van der Waals surface area (Å²) >= 11 is 3.13. The van der Waals surface area contributed by atoms with Gasteiger partial charge in [0.25, 0.3) is 0 Å². The lowest BCUT2D eigenvalue weighted by molar-refractivity contribution is 0.0594. The Morgan fingerprint density at radius 1 is 1.18 bits per heavy atom. The van der Waals surface area contributed by atoms with Crippen LogP contribution in [0.15, 0.2) is 46.0 Å². The lowest BCUT2D eigenvalue weighted by atomic mass is 10.1. The number of nitroso groups, excluding NO2 is 1. The summed E-state index contributed by atoms with van der Waals surface area (Å²) in [6, 6.07) is 9.61. The highest BCUT2D eigenvalue weighted by atomic mass is 79.9. The number of carbonyl (C=O) groups is 1. The van der Waals surface area contributed by atoms with E-state index in [1.807, 2.05) is 0 Å². The molecule has 0 unspecified atom stereocenters. The molecule has 22 heavy (non-hydrogen) atoms. The van der Waals surface area contributed by atoms with Gasteiger partial charge in [-0.25, -0.2) is 9.18 Å². The van der Waals surface area contributed by atoms with Gasteiger partial charge in [-0.3, -0.25) is 0 Å². The predicted molar refractivity (Wildman–Crippen MR) is 86.3 cm³/mol. The number of ether oxygens (including phenoxy) is 1. The lowest BCUT2D eigenvalue weighted by Crippen LogP contribution is -2.06. The van der Waals surface area contributed by atoms with Crippen molar-refractivity contribution in [3.8, 4) is 0 Å². The van der Waals surface area contributed by atoms with Gasteiger partial charge in [-0.1, -0.05) is 30.4 Å². The van der Waals surface area contributed by atoms with Crippen LogP contribution in [-0.2, 0) is 4.74 Å². The zero-order valence-corrected chi connectivity index (χ0v) is 13.1. The monoisotopic (exact) mass is 363 g/mol. The van der Waals surface area contributed by atoms with Crippen LogP contribution >= 0.6 is 15.9 Å². The first-order valence-corrected chi connectivity index (χ1v) is 7.04. The standard InChI is InChI=1S/C16H11BrFNO3/c1-22-16(20)14-13(17)9-6-11(15(14)18)5-2-10-3-7-12(19-21)8-4-10/h2-9H,1H3/b5-2+. The summed E-state index contributed by atoms with van der Waals surface area (Å²) in [6.07, 6.45) is 3.21. The van der Waals surface area contributed by atoms with Gasteiger partial charge in [0, 0.05) is 10.0 Å². The van der Waals surface area contributed by atoms with Crippen LogP contribution in [0.1, 0.15) is 21.5 Å². The SMILES string of the molecule is COC(=O)c1c(Br)ccc(/C=C/c2ccc(N=O)cc2)c1F. The van der Waals surface area contributed by atoms with Crippen molar-refractivity contribution in [1.82, 2.24) is 0 Å². The van der Waals surface area contributed by atoms with E-state index in [1.165, 1.54) is 13.2 Å². The van der Waals surface area contributed by atoms with Crippen molar-refractivity contribution in [2.75, 3.05) is 7.11 Å². The predicted octanol–water partition coefficient (Wildman–Crippen LogP) is 4.94. The number of rotatable bonds is 4. The molecule has 2 rings (SSSR count). The second kappa shape index (κ2) is 7.09. The van der Waals surface area contributed by atoms with Crippen molar-refractivity contribution in [3.05, 3.63) is 68.3 Å². The molecule has 0 aliphatic carbocycles. The Morgan fingerprint density at radius 3 is 2.45 bits per heavy atom. The molecule has 0 saturated carbocycles. The van der Waals surface area contributed by atoms with Gasteiger partial charge in [0.15, 0.2) is 0 Å². The largest absolute Gasteiger partial charge is 0.465 e. The van der Waals surface area contributed by atoms with Crippen LogP contribution in [0, 0.1) is 10.7 Å². The normalized spacial score (nSPS) is 10.7. The Kier molecular flexibility index (Phi) is 5.16. The molecule has 0 saturated heterocycles. The van der Waals surface area contributed by atoms with E-state index in [0.29, 0.717) is 10.2 Å². The van der Waals surface area contributed by atoms with Gasteiger partial charge < -0.3 is 4.74 Å². The van der Waals surface area contributed by atoms with E-state index in [1.54, 1.807) is 42.5 Å². The molecule has 0 aliphatic rings. The van der Waals surface area contributed by atoms with E-state index in [9.17, 15) is 14.1 Å². The molecule has 0 N–H and O–H groups in total. The van der Waals surface area contributed by atoms with E-state index in [-0.39, 0.29) is 11.1 Å². The Bertz CT molecular complexity index is 742. The van der Waals surface area contributed by atoms with Gasteiger partial charge in [0.1, 0.15) is 17.1 Å². The summed E-state index contributed by atoms with van der Waals surface area (Å²) in [4.78, 5) is 21.9. The molecular weight excluding hydrogens is 353 g/mol. The maximum atomic E-state index is 14.4. The fourth-order valence-corrected chi connectivity index (χ4v) is 2.29. The molecule has 0 amide bonds. The van der Waals surface area contributed by atoms with Crippen molar-refractivity contribution in [2.24, 2.45) is 5.18 Å². The summed E-state index contributed by atoms with van der Waals surface area (Å²) in [5.41, 5.74) is 1.20. The zero-order valence-electron chi connectivity index (χ0n) is 11.5. The van der Waals surface area contributed by atoms with Crippen LogP contribution in [0.5, 0.6) is 0 Å². The third-order valence-electron chi connectivity index (χ3n) is 2.96. The Balaban J connectivity index is 2.34. The van der Waals surface area contributed by atoms with Crippen molar-refractivity contribution >= 4 is 39.7 Å². The topological polar surface area (TPSA) is 55.7 Å². The average molecular weight is 364 g/mol. The quantitative estimate of drug-likeness (QED) is 0.439. The van der Waals surface area contributed by atoms with Crippen molar-refractivity contribution in [3.63, 3.8) is 0 Å². The van der Waals surface area contributed by atoms with Crippen LogP contribution in [0.25, 0.3) is 12.2 Å². The highest BCUT2D eigenvalue weighted by Gasteiger charge is 2.18. The fraction of sp³-hybridized carbons (Fsp3) is 0.0625. The van der Waals surface area contributed by atoms with Crippen LogP contribution in [0.2, 0.25) is 0 Å². The first-order chi connectivity index (χ1) is 10.6. The molecule has 0 aromatic heterocycles. The van der Waals surface area contributed by atoms with Gasteiger partial charge in [-0.2, -0.15) is 0 Å². The number of benzene rings is 2. The molecule has 0 spiro atoms. The first-order valence-electron chi connectivity index (χ1n) is 6.24. The molecule has 4 nitrogen and oxygen atoms in total. The number of nitrogens with zero attached hydrogens (tertiary/aromatic N) is 1. The van der Waals surface area contributed by atoms with Crippen LogP contribution in [0.4, 0.5) is 10.1 Å². The Hall–Kier alpha value is -2.34. The van der Waals surface area contributed by atoms with Crippen molar-refractivity contribution in [1.29, 1.82) is 0 Å². The van der Waals surface area contributed by atoms with Gasteiger partial charge in [0.2, 0.25) is 0 Å². The second-order valence-electron chi connectivity index (χ2n) is 4.33. The number of carbonyl (C=O) groups excluding carboxylic acids is 1. The van der Waals surface area contributed by atoms with Crippen LogP contribution in [0.3, 0.4) is 0 Å². The summed E-state index contributed by atoms with van der Waals surface area (Å²) in [5, 5.41) is 2.80. The molecule has 112 valence electrons. The van der Waals surface area contributed by atoms with Gasteiger partial charge >= 0.3 is 5.97 Å². The molecule has 0 radical (unpaired) electrons. The number of hydrogen-bond donors (Lipinski definition) is 0. The number of halogens is 2. The maximum absolute atomic E-state index is 14.4. The first kappa shape index (κ1) is 16.0. The third-order valence-corrected chi connectivity index (χ3v) is 3.63. The molecular formula is C16H11BrFNO3. The van der Waals surface area contributed by atoms with Crippen LogP contribution < -0.4 is 0 Å². The molecule has 2 aromatic carbocycles. The fourth-order valence-electron chi connectivity index (χ4n) is 1.82. The van der Waals surface area contributed by atoms with Crippen LogP contribution in [-0.4, -0.2) is 13.1 Å². The Morgan fingerprint density at radius 2 is 1.86 bits per heavy atom. The molecule has 0 heterocycles. The minimum Gasteiger partial charge on any atom is -0.465 e.